The Labute approximate surface area is 202 Å². The summed E-state index contributed by atoms with van der Waals surface area (Å²) in [6, 6.07) is 18.9. The zero-order valence-electron chi connectivity index (χ0n) is 18.8. The number of anilines is 3. The zero-order valence-corrected chi connectivity index (χ0v) is 19.6. The largest absolute Gasteiger partial charge is 0.495 e. The van der Waals surface area contributed by atoms with Crippen molar-refractivity contribution in [3.8, 4) is 5.75 Å². The number of amides is 3. The van der Waals surface area contributed by atoms with E-state index in [0.717, 1.165) is 21.7 Å². The van der Waals surface area contributed by atoms with E-state index < -0.39 is 11.8 Å². The predicted octanol–water partition coefficient (Wildman–Crippen LogP) is 5.00. The molecular formula is C26H22ClN3O4. The maximum Gasteiger partial charge on any atom is 0.283 e. The van der Waals surface area contributed by atoms with Crippen LogP contribution in [0.4, 0.5) is 17.1 Å². The number of halogens is 1. The fourth-order valence-corrected chi connectivity index (χ4v) is 3.82. The highest BCUT2D eigenvalue weighted by Gasteiger charge is 2.40. The van der Waals surface area contributed by atoms with Crippen molar-refractivity contribution in [1.82, 2.24) is 0 Å². The molecule has 0 unspecified atom stereocenters. The van der Waals surface area contributed by atoms with Crippen LogP contribution in [0.3, 0.4) is 0 Å². The van der Waals surface area contributed by atoms with E-state index in [0.29, 0.717) is 17.0 Å². The molecule has 4 rings (SSSR count). The van der Waals surface area contributed by atoms with Crippen molar-refractivity contribution in [2.75, 3.05) is 22.6 Å². The van der Waals surface area contributed by atoms with E-state index in [1.165, 1.54) is 7.11 Å². The predicted molar refractivity (Wildman–Crippen MR) is 132 cm³/mol. The summed E-state index contributed by atoms with van der Waals surface area (Å²) in [6.45, 7) is 3.91. The fourth-order valence-electron chi connectivity index (χ4n) is 3.61. The van der Waals surface area contributed by atoms with Crippen molar-refractivity contribution < 1.29 is 19.1 Å². The third-order valence-corrected chi connectivity index (χ3v) is 5.95. The van der Waals surface area contributed by atoms with Gasteiger partial charge in [0.2, 0.25) is 0 Å². The number of ether oxygens (including phenoxy) is 1. The lowest BCUT2D eigenvalue weighted by Gasteiger charge is -2.18. The van der Waals surface area contributed by atoms with Crippen LogP contribution in [0.2, 0.25) is 0 Å². The number of aryl methyl sites for hydroxylation is 1. The quantitative estimate of drug-likeness (QED) is 0.490. The molecule has 34 heavy (non-hydrogen) atoms. The van der Waals surface area contributed by atoms with Crippen molar-refractivity contribution in [2.24, 2.45) is 0 Å². The lowest BCUT2D eigenvalue weighted by molar-refractivity contribution is -0.120. The topological polar surface area (TPSA) is 87.7 Å². The summed E-state index contributed by atoms with van der Waals surface area (Å²) in [5.41, 5.74) is 3.79. The van der Waals surface area contributed by atoms with Crippen LogP contribution < -0.4 is 20.3 Å². The molecule has 3 aromatic rings. The number of para-hydroxylation sites is 2. The van der Waals surface area contributed by atoms with Gasteiger partial charge in [-0.05, 0) is 61.4 Å². The standard InChI is InChI=1S/C26H22ClN3O4/c1-15-8-6-11-19(16(15)2)29-24(31)17-9-7-10-18(14-17)28-23-22(27)25(32)30(26(23)33)20-12-4-5-13-21(20)34-3/h4-14,28H,1-3H3,(H,29,31). The maximum atomic E-state index is 13.1. The van der Waals surface area contributed by atoms with E-state index in [2.05, 4.69) is 10.6 Å². The number of rotatable bonds is 6. The van der Waals surface area contributed by atoms with Gasteiger partial charge in [-0.3, -0.25) is 14.4 Å². The molecule has 3 amide bonds. The normalized spacial score (nSPS) is 13.4. The van der Waals surface area contributed by atoms with Gasteiger partial charge in [-0.1, -0.05) is 41.9 Å². The van der Waals surface area contributed by atoms with Crippen molar-refractivity contribution in [3.05, 3.63) is 94.1 Å². The van der Waals surface area contributed by atoms with E-state index in [9.17, 15) is 14.4 Å². The van der Waals surface area contributed by atoms with Crippen LogP contribution in [-0.2, 0) is 9.59 Å². The van der Waals surface area contributed by atoms with Gasteiger partial charge in [0.05, 0.1) is 12.8 Å². The number of nitrogens with one attached hydrogen (secondary N) is 2. The molecule has 2 N–H and O–H groups in total. The molecule has 7 nitrogen and oxygen atoms in total. The second-order valence-electron chi connectivity index (χ2n) is 7.71. The summed E-state index contributed by atoms with van der Waals surface area (Å²) in [5.74, 6) is -1.23. The van der Waals surface area contributed by atoms with Gasteiger partial charge >= 0.3 is 0 Å². The summed E-state index contributed by atoms with van der Waals surface area (Å²) >= 11 is 6.24. The van der Waals surface area contributed by atoms with Gasteiger partial charge in [0.15, 0.2) is 0 Å². The van der Waals surface area contributed by atoms with E-state index >= 15 is 0 Å². The van der Waals surface area contributed by atoms with Crippen molar-refractivity contribution in [3.63, 3.8) is 0 Å². The van der Waals surface area contributed by atoms with Crippen LogP contribution >= 0.6 is 11.6 Å². The zero-order chi connectivity index (χ0) is 24.4. The highest BCUT2D eigenvalue weighted by Crippen LogP contribution is 2.35. The second-order valence-corrected chi connectivity index (χ2v) is 8.09. The third kappa shape index (κ3) is 4.25. The molecule has 1 aliphatic heterocycles. The van der Waals surface area contributed by atoms with Gasteiger partial charge < -0.3 is 15.4 Å². The summed E-state index contributed by atoms with van der Waals surface area (Å²) in [7, 11) is 1.45. The lowest BCUT2D eigenvalue weighted by Crippen LogP contribution is -2.32. The van der Waals surface area contributed by atoms with E-state index in [4.69, 9.17) is 16.3 Å². The smallest absolute Gasteiger partial charge is 0.283 e. The van der Waals surface area contributed by atoms with Gasteiger partial charge in [0.25, 0.3) is 17.7 Å². The van der Waals surface area contributed by atoms with E-state index in [1.54, 1.807) is 48.5 Å². The highest BCUT2D eigenvalue weighted by atomic mass is 35.5. The van der Waals surface area contributed by atoms with Gasteiger partial charge in [-0.15, -0.1) is 0 Å². The van der Waals surface area contributed by atoms with Gasteiger partial charge in [0, 0.05) is 16.9 Å². The van der Waals surface area contributed by atoms with E-state index in [-0.39, 0.29) is 22.3 Å². The highest BCUT2D eigenvalue weighted by molar-refractivity contribution is 6.53. The number of carbonyl (C=O) groups excluding carboxylic acids is 3. The average Bonchev–Trinajstić information content (AvgIpc) is 3.05. The molecule has 8 heteroatoms. The molecule has 0 bridgehead atoms. The fraction of sp³-hybridized carbons (Fsp3) is 0.115. The first kappa shape index (κ1) is 23.1. The van der Waals surface area contributed by atoms with Gasteiger partial charge in [-0.25, -0.2) is 4.90 Å². The Hall–Kier alpha value is -4.10. The lowest BCUT2D eigenvalue weighted by atomic mass is 10.1. The minimum absolute atomic E-state index is 0.0790. The minimum Gasteiger partial charge on any atom is -0.495 e. The average molecular weight is 476 g/mol. The number of benzene rings is 3. The molecule has 1 aliphatic rings. The molecule has 0 atom stereocenters. The van der Waals surface area contributed by atoms with Crippen LogP contribution in [0.15, 0.2) is 77.5 Å². The Balaban J connectivity index is 1.57. The number of imide groups is 1. The van der Waals surface area contributed by atoms with Crippen LogP contribution in [-0.4, -0.2) is 24.8 Å². The first-order chi connectivity index (χ1) is 16.3. The molecule has 1 heterocycles. The SMILES string of the molecule is COc1ccccc1N1C(=O)C(Cl)=C(Nc2cccc(C(=O)Nc3cccc(C)c3C)c2)C1=O. The number of hydrogen-bond acceptors (Lipinski definition) is 5. The van der Waals surface area contributed by atoms with Crippen molar-refractivity contribution in [2.45, 2.75) is 13.8 Å². The Bertz CT molecular complexity index is 1350. The molecule has 0 spiro atoms. The Kier molecular flexibility index (Phi) is 6.38. The first-order valence-electron chi connectivity index (χ1n) is 10.5. The first-order valence-corrected chi connectivity index (χ1v) is 10.9. The third-order valence-electron chi connectivity index (χ3n) is 5.60. The Morgan fingerprint density at radius 2 is 1.68 bits per heavy atom. The summed E-state index contributed by atoms with van der Waals surface area (Å²) in [5, 5.41) is 5.56. The molecule has 172 valence electrons. The van der Waals surface area contributed by atoms with Crippen molar-refractivity contribution in [1.29, 1.82) is 0 Å². The maximum absolute atomic E-state index is 13.1. The van der Waals surface area contributed by atoms with Crippen LogP contribution in [0, 0.1) is 13.8 Å². The van der Waals surface area contributed by atoms with Crippen molar-refractivity contribution >= 4 is 46.4 Å². The monoisotopic (exact) mass is 475 g/mol. The number of hydrogen-bond donors (Lipinski definition) is 2. The van der Waals surface area contributed by atoms with Gasteiger partial charge in [-0.2, -0.15) is 0 Å². The summed E-state index contributed by atoms with van der Waals surface area (Å²) in [6.07, 6.45) is 0. The number of methoxy groups -OCH3 is 1. The minimum atomic E-state index is -0.664. The number of nitrogens with zero attached hydrogens (tertiary/aromatic N) is 1. The molecule has 0 radical (unpaired) electrons. The molecule has 0 aliphatic carbocycles. The molecule has 0 saturated carbocycles. The molecule has 0 aromatic heterocycles. The molecule has 3 aromatic carbocycles. The van der Waals surface area contributed by atoms with Crippen LogP contribution in [0.1, 0.15) is 21.5 Å². The molecule has 0 saturated heterocycles. The second kappa shape index (κ2) is 9.41. The molecule has 0 fully saturated rings. The molecular weight excluding hydrogens is 454 g/mol. The van der Waals surface area contributed by atoms with Crippen LogP contribution in [0.25, 0.3) is 0 Å². The van der Waals surface area contributed by atoms with Crippen LogP contribution in [0.5, 0.6) is 5.75 Å². The van der Waals surface area contributed by atoms with Gasteiger partial charge in [0.1, 0.15) is 16.5 Å². The Morgan fingerprint density at radius 3 is 2.44 bits per heavy atom. The summed E-state index contributed by atoms with van der Waals surface area (Å²) < 4.78 is 5.28. The Morgan fingerprint density at radius 1 is 0.941 bits per heavy atom. The number of carbonyl (C=O) groups is 3. The summed E-state index contributed by atoms with van der Waals surface area (Å²) in [4.78, 5) is 39.7. The van der Waals surface area contributed by atoms with E-state index in [1.807, 2.05) is 32.0 Å².